The van der Waals surface area contributed by atoms with E-state index in [9.17, 15) is 9.59 Å². The zero-order valence-electron chi connectivity index (χ0n) is 17.9. The topological polar surface area (TPSA) is 59.1 Å². The molecular weight excluding hydrogens is 416 g/mol. The van der Waals surface area contributed by atoms with Crippen molar-refractivity contribution in [1.29, 1.82) is 0 Å². The molecule has 2 saturated heterocycles. The number of hydrogen-bond acceptors (Lipinski definition) is 4. The minimum Gasteiger partial charge on any atom is -0.497 e. The molecule has 164 valence electrons. The Kier molecular flexibility index (Phi) is 6.10. The fourth-order valence-corrected chi connectivity index (χ4v) is 4.76. The standard InChI is InChI=1S/C24H27ClN2O4/c1-30-18-5-3-17(4-6-18)15-27-16-24(14-22(27)28)9-11-26(12-10-24)23(29)20-13-19(31-2)7-8-21(20)25/h3-8,13H,9-12,14-16H2,1-2H3. The van der Waals surface area contributed by atoms with Gasteiger partial charge in [0.05, 0.1) is 24.8 Å². The number of carbonyl (C=O) groups is 2. The summed E-state index contributed by atoms with van der Waals surface area (Å²) >= 11 is 6.26. The first-order valence-electron chi connectivity index (χ1n) is 10.5. The molecule has 2 aliphatic heterocycles. The average molecular weight is 443 g/mol. The molecule has 2 amide bonds. The van der Waals surface area contributed by atoms with Crippen molar-refractivity contribution in [2.75, 3.05) is 33.9 Å². The van der Waals surface area contributed by atoms with Crippen LogP contribution in [-0.2, 0) is 11.3 Å². The summed E-state index contributed by atoms with van der Waals surface area (Å²) in [6.45, 7) is 2.58. The van der Waals surface area contributed by atoms with E-state index in [1.54, 1.807) is 32.4 Å². The van der Waals surface area contributed by atoms with E-state index in [0.717, 1.165) is 30.7 Å². The van der Waals surface area contributed by atoms with Gasteiger partial charge in [-0.2, -0.15) is 0 Å². The minimum atomic E-state index is -0.0850. The first-order valence-corrected chi connectivity index (χ1v) is 10.8. The van der Waals surface area contributed by atoms with Crippen molar-refractivity contribution in [3.8, 4) is 11.5 Å². The second kappa shape index (κ2) is 8.79. The molecule has 4 rings (SSSR count). The predicted molar refractivity (Wildman–Crippen MR) is 119 cm³/mol. The molecule has 0 atom stereocenters. The van der Waals surface area contributed by atoms with Crippen molar-refractivity contribution in [2.24, 2.45) is 5.41 Å². The molecule has 2 aromatic rings. The van der Waals surface area contributed by atoms with Gasteiger partial charge in [0.2, 0.25) is 5.91 Å². The van der Waals surface area contributed by atoms with Crippen LogP contribution in [0.1, 0.15) is 35.2 Å². The van der Waals surface area contributed by atoms with Crippen LogP contribution in [0.2, 0.25) is 5.02 Å². The molecule has 0 bridgehead atoms. The molecule has 6 nitrogen and oxygen atoms in total. The molecule has 1 spiro atoms. The molecule has 0 radical (unpaired) electrons. The number of hydrogen-bond donors (Lipinski definition) is 0. The van der Waals surface area contributed by atoms with E-state index in [1.165, 1.54) is 0 Å². The second-order valence-electron chi connectivity index (χ2n) is 8.41. The van der Waals surface area contributed by atoms with Crippen molar-refractivity contribution in [3.63, 3.8) is 0 Å². The molecule has 0 aliphatic carbocycles. The van der Waals surface area contributed by atoms with Crippen LogP contribution < -0.4 is 9.47 Å². The molecule has 2 aromatic carbocycles. The van der Waals surface area contributed by atoms with Crippen LogP contribution in [0, 0.1) is 5.41 Å². The third kappa shape index (κ3) is 4.49. The lowest BCUT2D eigenvalue weighted by Gasteiger charge is -2.39. The van der Waals surface area contributed by atoms with E-state index in [0.29, 0.717) is 42.4 Å². The van der Waals surface area contributed by atoms with Gasteiger partial charge in [0.15, 0.2) is 0 Å². The number of piperidine rings is 1. The summed E-state index contributed by atoms with van der Waals surface area (Å²) in [6.07, 6.45) is 2.17. The monoisotopic (exact) mass is 442 g/mol. The fourth-order valence-electron chi connectivity index (χ4n) is 4.56. The van der Waals surface area contributed by atoms with Crippen LogP contribution in [0.3, 0.4) is 0 Å². The average Bonchev–Trinajstić information content (AvgIpc) is 3.09. The first-order chi connectivity index (χ1) is 14.9. The van der Waals surface area contributed by atoms with E-state index in [1.807, 2.05) is 34.1 Å². The van der Waals surface area contributed by atoms with E-state index in [-0.39, 0.29) is 17.2 Å². The largest absolute Gasteiger partial charge is 0.497 e. The number of halogens is 1. The number of likely N-dealkylation sites (tertiary alicyclic amines) is 2. The molecule has 2 aliphatic rings. The summed E-state index contributed by atoms with van der Waals surface area (Å²) < 4.78 is 10.4. The maximum atomic E-state index is 13.0. The maximum absolute atomic E-state index is 13.0. The van der Waals surface area contributed by atoms with Crippen LogP contribution in [0.15, 0.2) is 42.5 Å². The fraction of sp³-hybridized carbons (Fsp3) is 0.417. The SMILES string of the molecule is COc1ccc(CN2CC3(CCN(C(=O)c4cc(OC)ccc4Cl)CC3)CC2=O)cc1. The zero-order chi connectivity index (χ0) is 22.0. The van der Waals surface area contributed by atoms with Crippen molar-refractivity contribution < 1.29 is 19.1 Å². The summed E-state index contributed by atoms with van der Waals surface area (Å²) in [6, 6.07) is 12.9. The normalized spacial score (nSPS) is 17.8. The number of carbonyl (C=O) groups excluding carboxylic acids is 2. The molecule has 0 N–H and O–H groups in total. The van der Waals surface area contributed by atoms with Crippen LogP contribution in [0.5, 0.6) is 11.5 Å². The Balaban J connectivity index is 1.38. The summed E-state index contributed by atoms with van der Waals surface area (Å²) in [7, 11) is 3.21. The van der Waals surface area contributed by atoms with Gasteiger partial charge in [0.25, 0.3) is 5.91 Å². The third-order valence-corrected chi connectivity index (χ3v) is 6.78. The smallest absolute Gasteiger partial charge is 0.255 e. The van der Waals surface area contributed by atoms with Gasteiger partial charge >= 0.3 is 0 Å². The molecule has 0 aromatic heterocycles. The maximum Gasteiger partial charge on any atom is 0.255 e. The van der Waals surface area contributed by atoms with E-state index >= 15 is 0 Å². The van der Waals surface area contributed by atoms with E-state index in [4.69, 9.17) is 21.1 Å². The van der Waals surface area contributed by atoms with Crippen molar-refractivity contribution in [2.45, 2.75) is 25.8 Å². The predicted octanol–water partition coefficient (Wildman–Crippen LogP) is 4.01. The lowest BCUT2D eigenvalue weighted by molar-refractivity contribution is -0.128. The Morgan fingerprint density at radius 1 is 1.03 bits per heavy atom. The van der Waals surface area contributed by atoms with E-state index < -0.39 is 0 Å². The Bertz CT molecular complexity index is 968. The van der Waals surface area contributed by atoms with Gasteiger partial charge in [-0.1, -0.05) is 23.7 Å². The van der Waals surface area contributed by atoms with E-state index in [2.05, 4.69) is 0 Å². The Hall–Kier alpha value is -2.73. The molecule has 31 heavy (non-hydrogen) atoms. The number of benzene rings is 2. The van der Waals surface area contributed by atoms with Crippen LogP contribution in [-0.4, -0.2) is 55.5 Å². The summed E-state index contributed by atoms with van der Waals surface area (Å²) in [4.78, 5) is 29.5. The van der Waals surface area contributed by atoms with Crippen molar-refractivity contribution >= 4 is 23.4 Å². The third-order valence-electron chi connectivity index (χ3n) is 6.45. The molecule has 0 saturated carbocycles. The summed E-state index contributed by atoms with van der Waals surface area (Å²) in [5.74, 6) is 1.52. The van der Waals surface area contributed by atoms with Gasteiger partial charge in [0, 0.05) is 38.0 Å². The lowest BCUT2D eigenvalue weighted by Crippen LogP contribution is -2.44. The second-order valence-corrected chi connectivity index (χ2v) is 8.82. The molecular formula is C24H27ClN2O4. The Labute approximate surface area is 187 Å². The van der Waals surface area contributed by atoms with Gasteiger partial charge in [0.1, 0.15) is 11.5 Å². The lowest BCUT2D eigenvalue weighted by atomic mass is 9.77. The minimum absolute atomic E-state index is 0.0570. The number of ether oxygens (including phenoxy) is 2. The quantitative estimate of drug-likeness (QED) is 0.702. The summed E-state index contributed by atoms with van der Waals surface area (Å²) in [5, 5.41) is 0.424. The van der Waals surface area contributed by atoms with Gasteiger partial charge < -0.3 is 19.3 Å². The highest BCUT2D eigenvalue weighted by molar-refractivity contribution is 6.33. The number of amides is 2. The Morgan fingerprint density at radius 2 is 1.68 bits per heavy atom. The number of nitrogens with zero attached hydrogens (tertiary/aromatic N) is 2. The van der Waals surface area contributed by atoms with Crippen LogP contribution >= 0.6 is 11.6 Å². The molecule has 7 heteroatoms. The highest BCUT2D eigenvalue weighted by Gasteiger charge is 2.45. The van der Waals surface area contributed by atoms with Crippen molar-refractivity contribution in [1.82, 2.24) is 9.80 Å². The molecule has 2 fully saturated rings. The van der Waals surface area contributed by atoms with Crippen LogP contribution in [0.4, 0.5) is 0 Å². The van der Waals surface area contributed by atoms with Gasteiger partial charge in [-0.25, -0.2) is 0 Å². The first kappa shape index (κ1) is 21.5. The zero-order valence-corrected chi connectivity index (χ0v) is 18.7. The Morgan fingerprint density at radius 3 is 2.32 bits per heavy atom. The highest BCUT2D eigenvalue weighted by Crippen LogP contribution is 2.42. The van der Waals surface area contributed by atoms with Crippen LogP contribution in [0.25, 0.3) is 0 Å². The highest BCUT2D eigenvalue weighted by atomic mass is 35.5. The van der Waals surface area contributed by atoms with Gasteiger partial charge in [-0.15, -0.1) is 0 Å². The van der Waals surface area contributed by atoms with Gasteiger partial charge in [-0.05, 0) is 48.7 Å². The molecule has 2 heterocycles. The molecule has 0 unspecified atom stereocenters. The van der Waals surface area contributed by atoms with Crippen molar-refractivity contribution in [3.05, 3.63) is 58.6 Å². The number of methoxy groups -OCH3 is 2. The number of rotatable bonds is 5. The summed E-state index contributed by atoms with van der Waals surface area (Å²) in [5.41, 5.74) is 1.49. The van der Waals surface area contributed by atoms with Gasteiger partial charge in [-0.3, -0.25) is 9.59 Å².